The molecule has 0 fully saturated rings. The number of hydrogen-bond donors (Lipinski definition) is 0. The molecule has 0 bridgehead atoms. The Balaban J connectivity index is 3.11. The molecule has 146 valence electrons. The van der Waals surface area contributed by atoms with Crippen LogP contribution < -0.4 is 0 Å². The van der Waals surface area contributed by atoms with Crippen molar-refractivity contribution in [1.82, 2.24) is 0 Å². The molecule has 0 aromatic heterocycles. The Labute approximate surface area is 159 Å². The molecule has 0 saturated heterocycles. The van der Waals surface area contributed by atoms with Crippen LogP contribution in [-0.4, -0.2) is 5.38 Å². The van der Waals surface area contributed by atoms with E-state index in [0.29, 0.717) is 5.38 Å². The first kappa shape index (κ1) is 24.3. The van der Waals surface area contributed by atoms with Gasteiger partial charge >= 0.3 is 0 Å². The summed E-state index contributed by atoms with van der Waals surface area (Å²) < 4.78 is 0. The first-order valence-corrected chi connectivity index (χ1v) is 11.9. The van der Waals surface area contributed by atoms with E-state index < -0.39 is 0 Å². The molecule has 0 rings (SSSR count). The molecule has 0 aliphatic heterocycles. The van der Waals surface area contributed by atoms with Crippen LogP contribution in [0.4, 0.5) is 0 Å². The van der Waals surface area contributed by atoms with Crippen LogP contribution in [0.5, 0.6) is 0 Å². The van der Waals surface area contributed by atoms with Gasteiger partial charge in [-0.3, -0.25) is 0 Å². The maximum Gasteiger partial charge on any atom is 0.0336 e. The van der Waals surface area contributed by atoms with E-state index in [1.165, 1.54) is 128 Å². The fourth-order valence-corrected chi connectivity index (χ4v) is 3.81. The molecular formula is C23H47Cl. The molecule has 1 heteroatoms. The van der Waals surface area contributed by atoms with Crippen molar-refractivity contribution in [3.8, 4) is 0 Å². The zero-order valence-corrected chi connectivity index (χ0v) is 17.9. The number of hydrogen-bond acceptors (Lipinski definition) is 0. The van der Waals surface area contributed by atoms with Crippen LogP contribution in [0.15, 0.2) is 0 Å². The number of halogens is 1. The summed E-state index contributed by atoms with van der Waals surface area (Å²) >= 11 is 6.47. The van der Waals surface area contributed by atoms with Crippen molar-refractivity contribution in [3.05, 3.63) is 0 Å². The van der Waals surface area contributed by atoms with Gasteiger partial charge in [0.15, 0.2) is 0 Å². The van der Waals surface area contributed by atoms with Gasteiger partial charge in [-0.25, -0.2) is 0 Å². The van der Waals surface area contributed by atoms with Crippen molar-refractivity contribution >= 4 is 11.6 Å². The molecule has 0 aliphatic rings. The monoisotopic (exact) mass is 358 g/mol. The van der Waals surface area contributed by atoms with Crippen molar-refractivity contribution in [2.75, 3.05) is 0 Å². The average Bonchev–Trinajstić information content (AvgIpc) is 2.59. The topological polar surface area (TPSA) is 0 Å². The van der Waals surface area contributed by atoms with Crippen LogP contribution in [0.2, 0.25) is 0 Å². The van der Waals surface area contributed by atoms with Gasteiger partial charge in [-0.2, -0.15) is 0 Å². The standard InChI is InChI=1S/C23H47Cl/c1-3-5-7-9-11-12-13-14-16-18-20-22-23(24)21-19-17-15-10-8-6-4-2/h23H,3-22H2,1-2H3. The third-order valence-corrected chi connectivity index (χ3v) is 5.68. The van der Waals surface area contributed by atoms with E-state index in [-0.39, 0.29) is 0 Å². The molecule has 0 radical (unpaired) electrons. The molecule has 0 nitrogen and oxygen atoms in total. The lowest BCUT2D eigenvalue weighted by atomic mass is 10.0. The lowest BCUT2D eigenvalue weighted by Gasteiger charge is -2.09. The summed E-state index contributed by atoms with van der Waals surface area (Å²) in [7, 11) is 0. The normalized spacial score (nSPS) is 12.6. The van der Waals surface area contributed by atoms with Crippen molar-refractivity contribution in [2.24, 2.45) is 0 Å². The van der Waals surface area contributed by atoms with Crippen molar-refractivity contribution < 1.29 is 0 Å². The van der Waals surface area contributed by atoms with E-state index in [0.717, 1.165) is 0 Å². The van der Waals surface area contributed by atoms with Crippen LogP contribution in [-0.2, 0) is 0 Å². The second-order valence-corrected chi connectivity index (χ2v) is 8.45. The Hall–Kier alpha value is 0.290. The van der Waals surface area contributed by atoms with Gasteiger partial charge < -0.3 is 0 Å². The van der Waals surface area contributed by atoms with Crippen LogP contribution in [0.3, 0.4) is 0 Å². The Morgan fingerprint density at radius 2 is 0.667 bits per heavy atom. The SMILES string of the molecule is CCCCCCCCCCCCCC(Cl)CCCCCCCCC. The van der Waals surface area contributed by atoms with Crippen LogP contribution >= 0.6 is 11.6 Å². The molecule has 0 amide bonds. The van der Waals surface area contributed by atoms with Gasteiger partial charge in [0.2, 0.25) is 0 Å². The zero-order chi connectivity index (χ0) is 17.7. The number of rotatable bonds is 20. The fraction of sp³-hybridized carbons (Fsp3) is 1.00. The summed E-state index contributed by atoms with van der Waals surface area (Å²) in [5.41, 5.74) is 0. The van der Waals surface area contributed by atoms with Crippen LogP contribution in [0.25, 0.3) is 0 Å². The van der Waals surface area contributed by atoms with E-state index in [1.807, 2.05) is 0 Å². The van der Waals surface area contributed by atoms with Gasteiger partial charge in [-0.15, -0.1) is 11.6 Å². The van der Waals surface area contributed by atoms with Gasteiger partial charge in [-0.1, -0.05) is 129 Å². The van der Waals surface area contributed by atoms with Gasteiger partial charge in [0.1, 0.15) is 0 Å². The summed E-state index contributed by atoms with van der Waals surface area (Å²) in [5, 5.41) is 0.444. The van der Waals surface area contributed by atoms with Gasteiger partial charge in [0.05, 0.1) is 0 Å². The van der Waals surface area contributed by atoms with E-state index in [4.69, 9.17) is 11.6 Å². The largest absolute Gasteiger partial charge is 0.123 e. The van der Waals surface area contributed by atoms with Gasteiger partial charge in [0, 0.05) is 5.38 Å². The molecule has 0 aliphatic carbocycles. The van der Waals surface area contributed by atoms with Crippen LogP contribution in [0, 0.1) is 0 Å². The summed E-state index contributed by atoms with van der Waals surface area (Å²) in [4.78, 5) is 0. The van der Waals surface area contributed by atoms with E-state index in [2.05, 4.69) is 13.8 Å². The number of unbranched alkanes of at least 4 members (excludes halogenated alkanes) is 16. The summed E-state index contributed by atoms with van der Waals surface area (Å²) in [6, 6.07) is 0. The Morgan fingerprint density at radius 3 is 0.958 bits per heavy atom. The van der Waals surface area contributed by atoms with Crippen molar-refractivity contribution in [2.45, 2.75) is 148 Å². The highest BCUT2D eigenvalue weighted by Crippen LogP contribution is 2.18. The quantitative estimate of drug-likeness (QED) is 0.150. The summed E-state index contributed by atoms with van der Waals surface area (Å²) in [5.74, 6) is 0. The lowest BCUT2D eigenvalue weighted by Crippen LogP contribution is -1.98. The third-order valence-electron chi connectivity index (χ3n) is 5.24. The summed E-state index contributed by atoms with van der Waals surface area (Å²) in [6.07, 6.45) is 28.0. The molecule has 0 aromatic rings. The van der Waals surface area contributed by atoms with Gasteiger partial charge in [-0.05, 0) is 12.8 Å². The predicted octanol–water partition coefficient (Wildman–Crippen LogP) is 9.44. The Bertz CT molecular complexity index is 214. The maximum atomic E-state index is 6.47. The molecule has 0 N–H and O–H groups in total. The van der Waals surface area contributed by atoms with Crippen molar-refractivity contribution in [3.63, 3.8) is 0 Å². The molecule has 1 atom stereocenters. The Kier molecular flexibility index (Phi) is 21.6. The lowest BCUT2D eigenvalue weighted by molar-refractivity contribution is 0.524. The second kappa shape index (κ2) is 21.3. The Morgan fingerprint density at radius 1 is 0.417 bits per heavy atom. The average molecular weight is 359 g/mol. The highest BCUT2D eigenvalue weighted by atomic mass is 35.5. The van der Waals surface area contributed by atoms with E-state index >= 15 is 0 Å². The zero-order valence-electron chi connectivity index (χ0n) is 17.1. The van der Waals surface area contributed by atoms with Gasteiger partial charge in [0.25, 0.3) is 0 Å². The molecule has 0 spiro atoms. The van der Waals surface area contributed by atoms with E-state index in [9.17, 15) is 0 Å². The smallest absolute Gasteiger partial charge is 0.0336 e. The minimum absolute atomic E-state index is 0.444. The molecule has 24 heavy (non-hydrogen) atoms. The molecule has 0 heterocycles. The fourth-order valence-electron chi connectivity index (χ4n) is 3.50. The number of alkyl halides is 1. The highest BCUT2D eigenvalue weighted by molar-refractivity contribution is 6.20. The molecular weight excluding hydrogens is 312 g/mol. The molecule has 0 saturated carbocycles. The summed E-state index contributed by atoms with van der Waals surface area (Å²) in [6.45, 7) is 4.58. The molecule has 1 unspecified atom stereocenters. The first-order chi connectivity index (χ1) is 11.8. The van der Waals surface area contributed by atoms with E-state index in [1.54, 1.807) is 0 Å². The second-order valence-electron chi connectivity index (χ2n) is 7.83. The highest BCUT2D eigenvalue weighted by Gasteiger charge is 2.04. The first-order valence-electron chi connectivity index (χ1n) is 11.4. The van der Waals surface area contributed by atoms with Crippen LogP contribution in [0.1, 0.15) is 142 Å². The minimum atomic E-state index is 0.444. The third kappa shape index (κ3) is 20.3. The predicted molar refractivity (Wildman–Crippen MR) is 113 cm³/mol. The molecule has 0 aromatic carbocycles. The maximum absolute atomic E-state index is 6.47. The minimum Gasteiger partial charge on any atom is -0.123 e. The van der Waals surface area contributed by atoms with Crippen molar-refractivity contribution in [1.29, 1.82) is 0 Å².